The Balaban J connectivity index is 2.55. The van der Waals surface area contributed by atoms with Crippen LogP contribution in [0.25, 0.3) is 0 Å². The van der Waals surface area contributed by atoms with Crippen molar-refractivity contribution >= 4 is 14.2 Å². The molecule has 7 heteroatoms. The summed E-state index contributed by atoms with van der Waals surface area (Å²) in [6.45, 7) is 5.51. The van der Waals surface area contributed by atoms with E-state index in [2.05, 4.69) is 10.0 Å². The molecule has 1 rings (SSSR count). The van der Waals surface area contributed by atoms with Crippen LogP contribution >= 0.6 is 8.25 Å². The zero-order chi connectivity index (χ0) is 14.5. The maximum atomic E-state index is 11.7. The fourth-order valence-electron chi connectivity index (χ4n) is 1.16. The third-order valence-corrected chi connectivity index (χ3v) is 2.42. The highest BCUT2D eigenvalue weighted by atomic mass is 31.1. The highest BCUT2D eigenvalue weighted by molar-refractivity contribution is 7.32. The lowest BCUT2D eigenvalue weighted by Gasteiger charge is -2.18. The van der Waals surface area contributed by atoms with Gasteiger partial charge in [0.2, 0.25) is 0 Å². The van der Waals surface area contributed by atoms with Crippen LogP contribution in [0.1, 0.15) is 36.7 Å². The summed E-state index contributed by atoms with van der Waals surface area (Å²) in [4.78, 5) is 25.4. The number of benzene rings is 1. The Hall–Kier alpha value is -1.20. The second-order valence-electron chi connectivity index (χ2n) is 4.90. The van der Waals surface area contributed by atoms with Crippen molar-refractivity contribution in [3.8, 4) is 0 Å². The Bertz CT molecular complexity index is 452. The van der Waals surface area contributed by atoms with Gasteiger partial charge in [-0.25, -0.2) is 5.48 Å². The Labute approximate surface area is 112 Å². The maximum absolute atomic E-state index is 11.7. The fraction of sp³-hybridized carbons (Fsp3) is 0.417. The number of hydrogen-bond acceptors (Lipinski definition) is 4. The molecule has 1 amide bonds. The van der Waals surface area contributed by atoms with Crippen LogP contribution in [0.4, 0.5) is 0 Å². The standard InChI is InChI=1S/C12H18NO5P/c1-12(2,3)18-13-11(14)10-6-4-9(5-7-10)8-17-19(15)16/h4-7,19H,8H2,1-3H3,(H,13,14)(H,15,16). The molecule has 2 N–H and O–H groups in total. The van der Waals surface area contributed by atoms with Crippen molar-refractivity contribution in [3.05, 3.63) is 35.4 Å². The number of rotatable bonds is 5. The van der Waals surface area contributed by atoms with Crippen molar-refractivity contribution in [1.29, 1.82) is 0 Å². The van der Waals surface area contributed by atoms with Crippen LogP contribution in [0.5, 0.6) is 0 Å². The van der Waals surface area contributed by atoms with Gasteiger partial charge in [0.25, 0.3) is 5.91 Å². The Morgan fingerprint density at radius 2 is 1.89 bits per heavy atom. The molecule has 0 aliphatic rings. The summed E-state index contributed by atoms with van der Waals surface area (Å²) in [6.07, 6.45) is 0. The molecule has 0 saturated heterocycles. The molecule has 0 bridgehead atoms. The van der Waals surface area contributed by atoms with E-state index in [1.54, 1.807) is 24.3 Å². The van der Waals surface area contributed by atoms with E-state index in [1.165, 1.54) is 0 Å². The molecular weight excluding hydrogens is 269 g/mol. The average molecular weight is 287 g/mol. The molecule has 0 aliphatic carbocycles. The normalized spacial score (nSPS) is 13.1. The number of amides is 1. The number of nitrogens with one attached hydrogen (secondary N) is 1. The van der Waals surface area contributed by atoms with Crippen LogP contribution in [0.15, 0.2) is 24.3 Å². The van der Waals surface area contributed by atoms with Crippen LogP contribution in [-0.2, 0) is 20.5 Å². The molecule has 1 unspecified atom stereocenters. The van der Waals surface area contributed by atoms with E-state index < -0.39 is 13.9 Å². The summed E-state index contributed by atoms with van der Waals surface area (Å²) in [5.74, 6) is -0.349. The minimum atomic E-state index is -2.93. The molecule has 0 aliphatic heterocycles. The SMILES string of the molecule is CC(C)(C)ONC(=O)c1ccc(CO[PH](=O)O)cc1. The number of carbonyl (C=O) groups excluding carboxylic acids is 1. The summed E-state index contributed by atoms with van der Waals surface area (Å²) in [7, 11) is -2.93. The van der Waals surface area contributed by atoms with Crippen LogP contribution in [0.2, 0.25) is 0 Å². The maximum Gasteiger partial charge on any atom is 0.316 e. The lowest BCUT2D eigenvalue weighted by atomic mass is 10.1. The van der Waals surface area contributed by atoms with Crippen molar-refractivity contribution in [3.63, 3.8) is 0 Å². The van der Waals surface area contributed by atoms with Crippen LogP contribution in [0.3, 0.4) is 0 Å². The Kier molecular flexibility index (Phi) is 5.69. The first-order valence-corrected chi connectivity index (χ1v) is 6.97. The van der Waals surface area contributed by atoms with Gasteiger partial charge in [0.1, 0.15) is 0 Å². The topological polar surface area (TPSA) is 84.9 Å². The van der Waals surface area contributed by atoms with Crippen LogP contribution < -0.4 is 5.48 Å². The van der Waals surface area contributed by atoms with Gasteiger partial charge in [-0.3, -0.25) is 14.2 Å². The van der Waals surface area contributed by atoms with Crippen molar-refractivity contribution in [1.82, 2.24) is 5.48 Å². The third kappa shape index (κ3) is 6.50. The molecule has 0 saturated carbocycles. The molecule has 1 aromatic rings. The van der Waals surface area contributed by atoms with Crippen LogP contribution in [-0.4, -0.2) is 16.4 Å². The zero-order valence-corrected chi connectivity index (χ0v) is 12.1. The van der Waals surface area contributed by atoms with Crippen molar-refractivity contribution < 1.29 is 23.6 Å². The van der Waals surface area contributed by atoms with Gasteiger partial charge < -0.3 is 9.42 Å². The number of carbonyl (C=O) groups is 1. The van der Waals surface area contributed by atoms with E-state index in [9.17, 15) is 9.36 Å². The molecule has 19 heavy (non-hydrogen) atoms. The van der Waals surface area contributed by atoms with Crippen molar-refractivity contribution in [2.45, 2.75) is 33.0 Å². The molecule has 6 nitrogen and oxygen atoms in total. The summed E-state index contributed by atoms with van der Waals surface area (Å²) in [5, 5.41) is 0. The average Bonchev–Trinajstić information content (AvgIpc) is 2.33. The largest absolute Gasteiger partial charge is 0.326 e. The highest BCUT2D eigenvalue weighted by Gasteiger charge is 2.13. The third-order valence-electron chi connectivity index (χ3n) is 2.03. The summed E-state index contributed by atoms with van der Waals surface area (Å²) < 4.78 is 15.0. The minimum absolute atomic E-state index is 0.0364. The molecule has 1 aromatic carbocycles. The summed E-state index contributed by atoms with van der Waals surface area (Å²) in [5.41, 5.74) is 3.04. The summed E-state index contributed by atoms with van der Waals surface area (Å²) >= 11 is 0. The molecule has 0 fully saturated rings. The predicted molar refractivity (Wildman–Crippen MR) is 70.8 cm³/mol. The lowest BCUT2D eigenvalue weighted by Crippen LogP contribution is -2.33. The summed E-state index contributed by atoms with van der Waals surface area (Å²) in [6, 6.07) is 6.48. The highest BCUT2D eigenvalue weighted by Crippen LogP contribution is 2.18. The van der Waals surface area contributed by atoms with Gasteiger partial charge in [-0.1, -0.05) is 12.1 Å². The molecule has 0 aromatic heterocycles. The minimum Gasteiger partial charge on any atom is -0.326 e. The number of hydrogen-bond donors (Lipinski definition) is 2. The Morgan fingerprint density at radius 1 is 1.32 bits per heavy atom. The molecule has 106 valence electrons. The monoisotopic (exact) mass is 287 g/mol. The zero-order valence-electron chi connectivity index (χ0n) is 11.1. The van der Waals surface area contributed by atoms with Gasteiger partial charge in [-0.05, 0) is 38.5 Å². The van der Waals surface area contributed by atoms with Gasteiger partial charge in [-0.2, -0.15) is 0 Å². The van der Waals surface area contributed by atoms with Crippen molar-refractivity contribution in [2.75, 3.05) is 0 Å². The Morgan fingerprint density at radius 3 is 2.37 bits per heavy atom. The first-order valence-electron chi connectivity index (χ1n) is 5.71. The van der Waals surface area contributed by atoms with E-state index in [-0.39, 0.29) is 12.5 Å². The quantitative estimate of drug-likeness (QED) is 0.639. The van der Waals surface area contributed by atoms with Crippen molar-refractivity contribution in [2.24, 2.45) is 0 Å². The second-order valence-corrected chi connectivity index (χ2v) is 5.72. The smallest absolute Gasteiger partial charge is 0.316 e. The molecule has 0 radical (unpaired) electrons. The van der Waals surface area contributed by atoms with Gasteiger partial charge in [-0.15, -0.1) is 0 Å². The molecule has 0 spiro atoms. The van der Waals surface area contributed by atoms with E-state index in [1.807, 2.05) is 20.8 Å². The van der Waals surface area contributed by atoms with E-state index in [0.717, 1.165) is 0 Å². The van der Waals surface area contributed by atoms with E-state index >= 15 is 0 Å². The molecule has 1 atom stereocenters. The second kappa shape index (κ2) is 6.82. The van der Waals surface area contributed by atoms with Gasteiger partial charge >= 0.3 is 8.25 Å². The first kappa shape index (κ1) is 15.9. The molecular formula is C12H18NO5P. The van der Waals surface area contributed by atoms with Gasteiger partial charge in [0.15, 0.2) is 0 Å². The number of hydroxylamine groups is 1. The van der Waals surface area contributed by atoms with E-state index in [4.69, 9.17) is 9.73 Å². The molecule has 0 heterocycles. The van der Waals surface area contributed by atoms with Crippen LogP contribution in [0, 0.1) is 0 Å². The van der Waals surface area contributed by atoms with Gasteiger partial charge in [0, 0.05) is 5.56 Å². The first-order chi connectivity index (χ1) is 8.78. The lowest BCUT2D eigenvalue weighted by molar-refractivity contribution is -0.0589. The predicted octanol–water partition coefficient (Wildman–Crippen LogP) is 2.05. The van der Waals surface area contributed by atoms with Gasteiger partial charge in [0.05, 0.1) is 12.2 Å². The van der Waals surface area contributed by atoms with E-state index in [0.29, 0.717) is 11.1 Å². The fourth-order valence-corrected chi connectivity index (χ4v) is 1.45.